The van der Waals surface area contributed by atoms with Crippen LogP contribution in [0.5, 0.6) is 0 Å². The van der Waals surface area contributed by atoms with Gasteiger partial charge in [0.2, 0.25) is 0 Å². The number of ether oxygens (including phenoxy) is 2. The first-order chi connectivity index (χ1) is 7.98. The predicted octanol–water partition coefficient (Wildman–Crippen LogP) is 1.70. The molecule has 5 heteroatoms. The molecule has 0 bridgehead atoms. The lowest BCUT2D eigenvalue weighted by Crippen LogP contribution is -2.26. The molecule has 1 fully saturated rings. The molecule has 1 heterocycles. The first-order valence-corrected chi connectivity index (χ1v) is 7.45. The molecular weight excluding hydrogens is 240 g/mol. The summed E-state index contributed by atoms with van der Waals surface area (Å²) in [5, 5.41) is 0. The van der Waals surface area contributed by atoms with Crippen LogP contribution in [0.2, 0.25) is 0 Å². The van der Waals surface area contributed by atoms with Crippen LogP contribution in [0.15, 0.2) is 29.2 Å². The van der Waals surface area contributed by atoms with Crippen LogP contribution in [0, 0.1) is 0 Å². The van der Waals surface area contributed by atoms with Gasteiger partial charge in [0.1, 0.15) is 0 Å². The fourth-order valence-corrected chi connectivity index (χ4v) is 2.66. The van der Waals surface area contributed by atoms with Crippen molar-refractivity contribution < 1.29 is 17.9 Å². The summed E-state index contributed by atoms with van der Waals surface area (Å²) >= 11 is 0. The van der Waals surface area contributed by atoms with E-state index >= 15 is 0 Å². The van der Waals surface area contributed by atoms with E-state index in [0.717, 1.165) is 5.56 Å². The third-order valence-corrected chi connectivity index (χ3v) is 4.03. The van der Waals surface area contributed by atoms with Crippen molar-refractivity contribution in [1.82, 2.24) is 0 Å². The van der Waals surface area contributed by atoms with Crippen LogP contribution in [0.3, 0.4) is 0 Å². The summed E-state index contributed by atoms with van der Waals surface area (Å²) < 4.78 is 34.3. The van der Waals surface area contributed by atoms with E-state index in [4.69, 9.17) is 9.47 Å². The summed E-state index contributed by atoms with van der Waals surface area (Å²) in [6.45, 7) is 3.03. The second kappa shape index (κ2) is 4.40. The Balaban J connectivity index is 2.46. The predicted molar refractivity (Wildman–Crippen MR) is 63.4 cm³/mol. The van der Waals surface area contributed by atoms with Gasteiger partial charge in [0.05, 0.1) is 18.1 Å². The van der Waals surface area contributed by atoms with E-state index in [1.165, 1.54) is 6.26 Å². The highest BCUT2D eigenvalue weighted by molar-refractivity contribution is 7.90. The maximum atomic E-state index is 11.5. The lowest BCUT2D eigenvalue weighted by molar-refractivity contribution is -0.167. The Labute approximate surface area is 101 Å². The molecule has 0 atom stereocenters. The van der Waals surface area contributed by atoms with Crippen LogP contribution in [0.4, 0.5) is 0 Å². The van der Waals surface area contributed by atoms with Crippen molar-refractivity contribution in [3.05, 3.63) is 29.8 Å². The molecule has 0 unspecified atom stereocenters. The zero-order chi connectivity index (χ0) is 12.5. The van der Waals surface area contributed by atoms with Crippen LogP contribution in [-0.4, -0.2) is 27.9 Å². The molecule has 1 aromatic carbocycles. The summed E-state index contributed by atoms with van der Waals surface area (Å²) in [4.78, 5) is 0.293. The highest BCUT2D eigenvalue weighted by atomic mass is 32.2. The van der Waals surface area contributed by atoms with E-state index in [1.807, 2.05) is 13.0 Å². The Morgan fingerprint density at radius 1 is 1.29 bits per heavy atom. The molecule has 0 saturated carbocycles. The quantitative estimate of drug-likeness (QED) is 0.826. The molecule has 4 nitrogen and oxygen atoms in total. The first kappa shape index (κ1) is 12.5. The second-order valence-electron chi connectivity index (χ2n) is 4.10. The number of rotatable bonds is 3. The molecule has 1 aliphatic rings. The smallest absolute Gasteiger partial charge is 0.194 e. The van der Waals surface area contributed by atoms with Gasteiger partial charge in [-0.25, -0.2) is 8.42 Å². The first-order valence-electron chi connectivity index (χ1n) is 5.56. The van der Waals surface area contributed by atoms with Crippen LogP contribution in [0.1, 0.15) is 18.9 Å². The normalized spacial score (nSPS) is 19.4. The minimum atomic E-state index is -3.20. The molecule has 0 aromatic heterocycles. The van der Waals surface area contributed by atoms with Crippen molar-refractivity contribution in [1.29, 1.82) is 0 Å². The zero-order valence-electron chi connectivity index (χ0n) is 9.97. The number of benzene rings is 1. The van der Waals surface area contributed by atoms with E-state index < -0.39 is 15.6 Å². The highest BCUT2D eigenvalue weighted by Gasteiger charge is 2.37. The van der Waals surface area contributed by atoms with Crippen molar-refractivity contribution in [2.45, 2.75) is 24.0 Å². The van der Waals surface area contributed by atoms with Crippen molar-refractivity contribution in [2.75, 3.05) is 19.5 Å². The summed E-state index contributed by atoms with van der Waals surface area (Å²) in [7, 11) is -3.20. The van der Waals surface area contributed by atoms with E-state index in [-0.39, 0.29) is 0 Å². The minimum Gasteiger partial charge on any atom is -0.343 e. The number of hydrogen-bond acceptors (Lipinski definition) is 4. The average Bonchev–Trinajstić information content (AvgIpc) is 2.78. The largest absolute Gasteiger partial charge is 0.343 e. The zero-order valence-corrected chi connectivity index (χ0v) is 10.8. The molecule has 0 N–H and O–H groups in total. The van der Waals surface area contributed by atoms with Gasteiger partial charge in [0.15, 0.2) is 15.6 Å². The molecule has 17 heavy (non-hydrogen) atoms. The van der Waals surface area contributed by atoms with Crippen LogP contribution >= 0.6 is 0 Å². The lowest BCUT2D eigenvalue weighted by atomic mass is 10.0. The van der Waals surface area contributed by atoms with Crippen LogP contribution in [-0.2, 0) is 25.1 Å². The molecular formula is C12H16O4S. The minimum absolute atomic E-state index is 0.293. The topological polar surface area (TPSA) is 52.6 Å². The van der Waals surface area contributed by atoms with Gasteiger partial charge >= 0.3 is 0 Å². The van der Waals surface area contributed by atoms with Gasteiger partial charge in [-0.3, -0.25) is 0 Å². The monoisotopic (exact) mass is 256 g/mol. The van der Waals surface area contributed by atoms with Crippen LogP contribution in [0.25, 0.3) is 0 Å². The third-order valence-electron chi connectivity index (χ3n) is 2.92. The van der Waals surface area contributed by atoms with Gasteiger partial charge in [0, 0.05) is 18.2 Å². The fourth-order valence-electron chi connectivity index (χ4n) is 1.99. The van der Waals surface area contributed by atoms with E-state index in [9.17, 15) is 8.42 Å². The summed E-state index contributed by atoms with van der Waals surface area (Å²) in [5.41, 5.74) is 0.764. The van der Waals surface area contributed by atoms with E-state index in [1.54, 1.807) is 18.2 Å². The Kier molecular flexibility index (Phi) is 3.25. The summed E-state index contributed by atoms with van der Waals surface area (Å²) in [5.74, 6) is -0.777. The van der Waals surface area contributed by atoms with Crippen molar-refractivity contribution in [2.24, 2.45) is 0 Å². The molecule has 1 aliphatic heterocycles. The van der Waals surface area contributed by atoms with Crippen molar-refractivity contribution in [3.8, 4) is 0 Å². The molecule has 1 saturated heterocycles. The Morgan fingerprint density at radius 2 is 1.94 bits per heavy atom. The molecule has 0 aliphatic carbocycles. The second-order valence-corrected chi connectivity index (χ2v) is 6.12. The summed E-state index contributed by atoms with van der Waals surface area (Å²) in [6.07, 6.45) is 1.85. The van der Waals surface area contributed by atoms with Gasteiger partial charge in [0.25, 0.3) is 0 Å². The van der Waals surface area contributed by atoms with Crippen molar-refractivity contribution >= 4 is 9.84 Å². The molecule has 0 radical (unpaired) electrons. The van der Waals surface area contributed by atoms with Gasteiger partial charge < -0.3 is 9.47 Å². The van der Waals surface area contributed by atoms with Crippen molar-refractivity contribution in [3.63, 3.8) is 0 Å². The molecule has 0 spiro atoms. The number of sulfone groups is 1. The standard InChI is InChI=1S/C12H16O4S/c1-3-12(15-7-8-16-12)10-5-4-6-11(9-10)17(2,13)14/h4-6,9H,3,7-8H2,1-2H3. The SMILES string of the molecule is CCC1(c2cccc(S(C)(=O)=O)c2)OCCO1. The third kappa shape index (κ3) is 2.36. The number of hydrogen-bond donors (Lipinski definition) is 0. The fraction of sp³-hybridized carbons (Fsp3) is 0.500. The Hall–Kier alpha value is -0.910. The van der Waals surface area contributed by atoms with Gasteiger partial charge in [-0.05, 0) is 12.1 Å². The lowest BCUT2D eigenvalue weighted by Gasteiger charge is -2.26. The molecule has 1 aromatic rings. The van der Waals surface area contributed by atoms with Gasteiger partial charge in [-0.2, -0.15) is 0 Å². The average molecular weight is 256 g/mol. The maximum absolute atomic E-state index is 11.5. The summed E-state index contributed by atoms with van der Waals surface area (Å²) in [6, 6.07) is 6.76. The maximum Gasteiger partial charge on any atom is 0.194 e. The Bertz CT molecular complexity index is 501. The molecule has 94 valence electrons. The molecule has 2 rings (SSSR count). The Morgan fingerprint density at radius 3 is 2.47 bits per heavy atom. The van der Waals surface area contributed by atoms with Crippen LogP contribution < -0.4 is 0 Å². The van der Waals surface area contributed by atoms with Gasteiger partial charge in [-0.1, -0.05) is 19.1 Å². The van der Waals surface area contributed by atoms with E-state index in [0.29, 0.717) is 24.5 Å². The van der Waals surface area contributed by atoms with E-state index in [2.05, 4.69) is 0 Å². The van der Waals surface area contributed by atoms with Gasteiger partial charge in [-0.15, -0.1) is 0 Å². The highest BCUT2D eigenvalue weighted by Crippen LogP contribution is 2.35. The molecule has 0 amide bonds.